The second kappa shape index (κ2) is 3.78. The summed E-state index contributed by atoms with van der Waals surface area (Å²) in [5, 5.41) is 0.542. The summed E-state index contributed by atoms with van der Waals surface area (Å²) in [6.45, 7) is 1.46. The van der Waals surface area contributed by atoms with Crippen LogP contribution in [0.5, 0.6) is 0 Å². The molecule has 0 aliphatic rings. The van der Waals surface area contributed by atoms with Crippen molar-refractivity contribution in [3.05, 3.63) is 16.1 Å². The van der Waals surface area contributed by atoms with Gasteiger partial charge in [-0.1, -0.05) is 0 Å². The third-order valence-electron chi connectivity index (χ3n) is 1.24. The topological polar surface area (TPSA) is 38.9 Å². The first-order valence-electron chi connectivity index (χ1n) is 3.47. The molecular weight excluding hydrogens is 163 g/mol. The van der Waals surface area contributed by atoms with E-state index in [1.165, 1.54) is 11.3 Å². The lowest BCUT2D eigenvalue weighted by Gasteiger charge is -1.98. The molecule has 0 saturated heterocycles. The summed E-state index contributed by atoms with van der Waals surface area (Å²) in [7, 11) is 0. The van der Waals surface area contributed by atoms with Crippen molar-refractivity contribution in [2.24, 2.45) is 5.73 Å². The molecule has 0 aliphatic heterocycles. The van der Waals surface area contributed by atoms with Crippen LogP contribution in [0, 0.1) is 0 Å². The highest BCUT2D eigenvalue weighted by atomic mass is 32.1. The van der Waals surface area contributed by atoms with Crippen molar-refractivity contribution in [3.8, 4) is 0 Å². The molecule has 0 bridgehead atoms. The SMILES string of the molecule is CC(N)Cc1cnc(CF)s1. The molecule has 0 amide bonds. The van der Waals surface area contributed by atoms with Crippen LogP contribution in [0.15, 0.2) is 6.20 Å². The van der Waals surface area contributed by atoms with Crippen LogP contribution in [-0.2, 0) is 13.1 Å². The number of nitrogens with zero attached hydrogens (tertiary/aromatic N) is 1. The van der Waals surface area contributed by atoms with Gasteiger partial charge < -0.3 is 5.73 Å². The van der Waals surface area contributed by atoms with Crippen molar-refractivity contribution in [1.82, 2.24) is 4.98 Å². The van der Waals surface area contributed by atoms with E-state index in [-0.39, 0.29) is 6.04 Å². The second-order valence-corrected chi connectivity index (χ2v) is 3.74. The summed E-state index contributed by atoms with van der Waals surface area (Å²) < 4.78 is 12.0. The molecule has 1 aromatic rings. The summed E-state index contributed by atoms with van der Waals surface area (Å²) in [4.78, 5) is 4.94. The molecule has 1 atom stereocenters. The molecule has 1 unspecified atom stereocenters. The van der Waals surface area contributed by atoms with Crippen molar-refractivity contribution in [3.63, 3.8) is 0 Å². The highest BCUT2D eigenvalue weighted by Crippen LogP contribution is 2.14. The van der Waals surface area contributed by atoms with Gasteiger partial charge in [-0.15, -0.1) is 11.3 Å². The third kappa shape index (κ3) is 2.55. The summed E-state index contributed by atoms with van der Waals surface area (Å²) in [5.41, 5.74) is 5.56. The lowest BCUT2D eigenvalue weighted by Crippen LogP contribution is -2.16. The summed E-state index contributed by atoms with van der Waals surface area (Å²) in [5.74, 6) is 0. The molecule has 4 heteroatoms. The number of rotatable bonds is 3. The van der Waals surface area contributed by atoms with Crippen LogP contribution in [-0.4, -0.2) is 11.0 Å². The Balaban J connectivity index is 2.58. The van der Waals surface area contributed by atoms with Gasteiger partial charge in [0.2, 0.25) is 0 Å². The van der Waals surface area contributed by atoms with E-state index in [1.807, 2.05) is 6.92 Å². The van der Waals surface area contributed by atoms with Gasteiger partial charge in [0.05, 0.1) is 0 Å². The van der Waals surface area contributed by atoms with Crippen molar-refractivity contribution < 1.29 is 4.39 Å². The van der Waals surface area contributed by atoms with E-state index in [1.54, 1.807) is 6.20 Å². The van der Waals surface area contributed by atoms with E-state index in [0.717, 1.165) is 11.3 Å². The van der Waals surface area contributed by atoms with Crippen LogP contribution < -0.4 is 5.73 Å². The van der Waals surface area contributed by atoms with E-state index in [9.17, 15) is 4.39 Å². The molecule has 62 valence electrons. The van der Waals surface area contributed by atoms with Crippen LogP contribution in [0.25, 0.3) is 0 Å². The van der Waals surface area contributed by atoms with Gasteiger partial charge >= 0.3 is 0 Å². The number of thiazole rings is 1. The fourth-order valence-corrected chi connectivity index (χ4v) is 1.74. The molecule has 2 N–H and O–H groups in total. The van der Waals surface area contributed by atoms with Gasteiger partial charge in [0.1, 0.15) is 11.7 Å². The smallest absolute Gasteiger partial charge is 0.141 e. The van der Waals surface area contributed by atoms with Gasteiger partial charge in [0.15, 0.2) is 0 Å². The fraction of sp³-hybridized carbons (Fsp3) is 0.571. The molecule has 1 aromatic heterocycles. The third-order valence-corrected chi connectivity index (χ3v) is 2.22. The Labute approximate surface area is 69.3 Å². The Kier molecular flexibility index (Phi) is 2.96. The Bertz CT molecular complexity index is 222. The summed E-state index contributed by atoms with van der Waals surface area (Å²) in [6, 6.07) is 0.128. The van der Waals surface area contributed by atoms with E-state index in [4.69, 9.17) is 5.73 Å². The van der Waals surface area contributed by atoms with Gasteiger partial charge in [-0.05, 0) is 13.3 Å². The molecule has 0 aliphatic carbocycles. The molecule has 11 heavy (non-hydrogen) atoms. The highest BCUT2D eigenvalue weighted by molar-refractivity contribution is 7.11. The van der Waals surface area contributed by atoms with E-state index in [2.05, 4.69) is 4.98 Å². The summed E-state index contributed by atoms with van der Waals surface area (Å²) in [6.07, 6.45) is 2.49. The highest BCUT2D eigenvalue weighted by Gasteiger charge is 2.02. The molecule has 1 heterocycles. The monoisotopic (exact) mass is 174 g/mol. The maximum atomic E-state index is 12.0. The number of aromatic nitrogens is 1. The molecule has 2 nitrogen and oxygen atoms in total. The van der Waals surface area contributed by atoms with Crippen molar-refractivity contribution >= 4 is 11.3 Å². The quantitative estimate of drug-likeness (QED) is 0.754. The van der Waals surface area contributed by atoms with Gasteiger partial charge in [0.25, 0.3) is 0 Å². The first kappa shape index (κ1) is 8.62. The minimum Gasteiger partial charge on any atom is -0.328 e. The number of halogens is 1. The molecule has 0 aromatic carbocycles. The summed E-state index contributed by atoms with van der Waals surface area (Å²) >= 11 is 1.40. The van der Waals surface area contributed by atoms with Crippen molar-refractivity contribution in [1.29, 1.82) is 0 Å². The zero-order valence-corrected chi connectivity index (χ0v) is 7.20. The van der Waals surface area contributed by atoms with E-state index < -0.39 is 6.67 Å². The number of hydrogen-bond donors (Lipinski definition) is 1. The maximum absolute atomic E-state index is 12.0. The van der Waals surface area contributed by atoms with E-state index in [0.29, 0.717) is 5.01 Å². The van der Waals surface area contributed by atoms with Gasteiger partial charge in [-0.2, -0.15) is 0 Å². The first-order valence-corrected chi connectivity index (χ1v) is 4.29. The largest absolute Gasteiger partial charge is 0.328 e. The van der Waals surface area contributed by atoms with Gasteiger partial charge in [0, 0.05) is 17.1 Å². The Morgan fingerprint density at radius 3 is 3.00 bits per heavy atom. The van der Waals surface area contributed by atoms with Gasteiger partial charge in [-0.3, -0.25) is 0 Å². The van der Waals surface area contributed by atoms with Crippen LogP contribution in [0.4, 0.5) is 4.39 Å². The standard InChI is InChI=1S/C7H11FN2S/c1-5(9)2-6-4-10-7(3-8)11-6/h4-5H,2-3,9H2,1H3. The number of hydrogen-bond acceptors (Lipinski definition) is 3. The molecule has 0 fully saturated rings. The predicted molar refractivity (Wildman–Crippen MR) is 44.3 cm³/mol. The Hall–Kier alpha value is -0.480. The number of nitrogens with two attached hydrogens (primary N) is 1. The zero-order valence-electron chi connectivity index (χ0n) is 6.38. The molecule has 0 spiro atoms. The molecule has 0 saturated carbocycles. The predicted octanol–water partition coefficient (Wildman–Crippen LogP) is 1.50. The first-order chi connectivity index (χ1) is 5.22. The average molecular weight is 174 g/mol. The second-order valence-electron chi connectivity index (χ2n) is 2.54. The van der Waals surface area contributed by atoms with Crippen molar-refractivity contribution in [2.75, 3.05) is 0 Å². The van der Waals surface area contributed by atoms with Crippen LogP contribution in [0.3, 0.4) is 0 Å². The van der Waals surface area contributed by atoms with Crippen LogP contribution in [0.1, 0.15) is 16.8 Å². The van der Waals surface area contributed by atoms with Crippen LogP contribution >= 0.6 is 11.3 Å². The molecule has 0 radical (unpaired) electrons. The zero-order chi connectivity index (χ0) is 8.27. The normalized spacial score (nSPS) is 13.4. The minimum absolute atomic E-state index is 0.128. The van der Waals surface area contributed by atoms with Gasteiger partial charge in [-0.25, -0.2) is 9.37 Å². The number of alkyl halides is 1. The van der Waals surface area contributed by atoms with E-state index >= 15 is 0 Å². The lowest BCUT2D eigenvalue weighted by atomic mass is 10.2. The Morgan fingerprint density at radius 2 is 2.55 bits per heavy atom. The van der Waals surface area contributed by atoms with Crippen LogP contribution in [0.2, 0.25) is 0 Å². The maximum Gasteiger partial charge on any atom is 0.141 e. The Morgan fingerprint density at radius 1 is 1.82 bits per heavy atom. The van der Waals surface area contributed by atoms with Crippen molar-refractivity contribution in [2.45, 2.75) is 26.1 Å². The molecular formula is C7H11FN2S. The molecule has 1 rings (SSSR count). The average Bonchev–Trinajstić information content (AvgIpc) is 2.34. The lowest BCUT2D eigenvalue weighted by molar-refractivity contribution is 0.483. The minimum atomic E-state index is -0.469. The fourth-order valence-electron chi connectivity index (χ4n) is 0.822.